The van der Waals surface area contributed by atoms with Crippen LogP contribution in [0.5, 0.6) is 5.75 Å². The van der Waals surface area contributed by atoms with E-state index in [-0.39, 0.29) is 18.1 Å². The third kappa shape index (κ3) is 5.16. The van der Waals surface area contributed by atoms with Gasteiger partial charge in [0.25, 0.3) is 5.91 Å². The number of benzene rings is 1. The van der Waals surface area contributed by atoms with Gasteiger partial charge in [0.05, 0.1) is 21.3 Å². The Morgan fingerprint density at radius 3 is 2.61 bits per heavy atom. The number of Topliss-reactive ketones (excluding diaryl/α,β-unsaturated/α-hetero) is 1. The Labute approximate surface area is 204 Å². The molecule has 176 valence electrons. The van der Waals surface area contributed by atoms with Crippen LogP contribution < -0.4 is 15.8 Å². The fourth-order valence-electron chi connectivity index (χ4n) is 4.09. The molecular formula is C23H26BrN3O5S. The number of ether oxygens (including phenoxy) is 2. The summed E-state index contributed by atoms with van der Waals surface area (Å²) in [5.41, 5.74) is 5.98. The van der Waals surface area contributed by atoms with Crippen molar-refractivity contribution in [3.8, 4) is 5.75 Å². The molecule has 1 aromatic carbocycles. The fourth-order valence-corrected chi connectivity index (χ4v) is 5.56. The van der Waals surface area contributed by atoms with Gasteiger partial charge in [-0.15, -0.1) is 11.3 Å². The Hall–Kier alpha value is -2.59. The molecule has 0 atom stereocenters. The molecular weight excluding hydrogens is 510 g/mol. The molecule has 1 saturated heterocycles. The fraction of sp³-hybridized carbons (Fsp3) is 0.435. The third-order valence-electron chi connectivity index (χ3n) is 5.62. The molecule has 0 radical (unpaired) electrons. The lowest BCUT2D eigenvalue weighted by atomic mass is 9.82. The number of nitrogens with one attached hydrogen (secondary N) is 1. The number of ketones is 1. The van der Waals surface area contributed by atoms with Gasteiger partial charge in [0.2, 0.25) is 0 Å². The molecule has 4 rings (SSSR count). The van der Waals surface area contributed by atoms with E-state index in [0.29, 0.717) is 53.5 Å². The van der Waals surface area contributed by atoms with E-state index in [1.807, 2.05) is 0 Å². The molecule has 0 unspecified atom stereocenters. The predicted octanol–water partition coefficient (Wildman–Crippen LogP) is 5.08. The molecule has 33 heavy (non-hydrogen) atoms. The largest absolute Gasteiger partial charge is 0.486 e. The Morgan fingerprint density at radius 1 is 1.24 bits per heavy atom. The van der Waals surface area contributed by atoms with Crippen LogP contribution in [0.15, 0.2) is 28.1 Å². The number of piperidine rings is 1. The molecule has 8 nitrogen and oxygen atoms in total. The lowest BCUT2D eigenvalue weighted by molar-refractivity contribution is -0.00566. The first-order valence-corrected chi connectivity index (χ1v) is 12.3. The number of rotatable bonds is 2. The minimum absolute atomic E-state index is 0.00828. The molecule has 2 aliphatic rings. The van der Waals surface area contributed by atoms with Crippen LogP contribution in [0.2, 0.25) is 0 Å². The standard InChI is InChI=1S/C23H26BrN3O5S/c1-22(2,3)32-21(30)26-19-15(11-18(24)33-19)20(29)27-8-6-23(7-9-27)12-16(28)14-10-13(25)4-5-17(14)31-23/h4-5,10-11H,6-9,12,25H2,1-3H3,(H,26,30). The van der Waals surface area contributed by atoms with Gasteiger partial charge in [-0.1, -0.05) is 0 Å². The number of hydrogen-bond acceptors (Lipinski definition) is 7. The average Bonchev–Trinajstić information content (AvgIpc) is 3.07. The number of nitrogens with two attached hydrogens (primary N) is 1. The number of hydrogen-bond donors (Lipinski definition) is 2. The number of fused-ring (bicyclic) bond motifs is 1. The van der Waals surface area contributed by atoms with Crippen molar-refractivity contribution in [3.63, 3.8) is 0 Å². The lowest BCUT2D eigenvalue weighted by Crippen LogP contribution is -2.52. The van der Waals surface area contributed by atoms with Crippen LogP contribution in [-0.2, 0) is 4.74 Å². The predicted molar refractivity (Wildman–Crippen MR) is 130 cm³/mol. The Balaban J connectivity index is 1.45. The average molecular weight is 536 g/mol. The highest BCUT2D eigenvalue weighted by atomic mass is 79.9. The number of amides is 2. The van der Waals surface area contributed by atoms with Crippen molar-refractivity contribution >= 4 is 55.7 Å². The molecule has 1 aromatic heterocycles. The summed E-state index contributed by atoms with van der Waals surface area (Å²) < 4.78 is 12.3. The quantitative estimate of drug-likeness (QED) is 0.518. The number of likely N-dealkylation sites (tertiary alicyclic amines) is 1. The number of nitrogens with zero attached hydrogens (tertiary/aromatic N) is 1. The van der Waals surface area contributed by atoms with E-state index in [0.717, 1.165) is 3.79 Å². The van der Waals surface area contributed by atoms with Crippen LogP contribution in [0.4, 0.5) is 15.5 Å². The van der Waals surface area contributed by atoms with E-state index in [9.17, 15) is 14.4 Å². The summed E-state index contributed by atoms with van der Waals surface area (Å²) in [4.78, 5) is 39.9. The zero-order chi connectivity index (χ0) is 24.0. The molecule has 1 spiro atoms. The SMILES string of the molecule is CC(C)(C)OC(=O)Nc1sc(Br)cc1C(=O)N1CCC2(CC1)CC(=O)c1cc(N)ccc1O2. The highest BCUT2D eigenvalue weighted by Gasteiger charge is 2.44. The summed E-state index contributed by atoms with van der Waals surface area (Å²) in [5.74, 6) is 0.368. The lowest BCUT2D eigenvalue weighted by Gasteiger charge is -2.44. The van der Waals surface area contributed by atoms with Crippen molar-refractivity contribution in [2.24, 2.45) is 0 Å². The van der Waals surface area contributed by atoms with E-state index in [1.54, 1.807) is 49.9 Å². The summed E-state index contributed by atoms with van der Waals surface area (Å²) >= 11 is 4.65. The molecule has 0 aliphatic carbocycles. The summed E-state index contributed by atoms with van der Waals surface area (Å²) in [7, 11) is 0. The van der Waals surface area contributed by atoms with Crippen molar-refractivity contribution in [1.82, 2.24) is 4.90 Å². The molecule has 10 heteroatoms. The van der Waals surface area contributed by atoms with Crippen LogP contribution in [0.25, 0.3) is 0 Å². The number of anilines is 2. The number of carbonyl (C=O) groups is 3. The van der Waals surface area contributed by atoms with Gasteiger partial charge in [-0.25, -0.2) is 4.79 Å². The van der Waals surface area contributed by atoms with Gasteiger partial charge in [-0.3, -0.25) is 14.9 Å². The van der Waals surface area contributed by atoms with Gasteiger partial charge in [0, 0.05) is 31.6 Å². The van der Waals surface area contributed by atoms with Crippen molar-refractivity contribution in [3.05, 3.63) is 39.2 Å². The number of nitrogen functional groups attached to an aromatic ring is 1. The number of halogens is 1. The normalized spacial score (nSPS) is 17.3. The van der Waals surface area contributed by atoms with Crippen LogP contribution in [0.3, 0.4) is 0 Å². The van der Waals surface area contributed by atoms with Crippen molar-refractivity contribution < 1.29 is 23.9 Å². The molecule has 2 aromatic rings. The van der Waals surface area contributed by atoms with E-state index < -0.39 is 17.3 Å². The van der Waals surface area contributed by atoms with E-state index in [4.69, 9.17) is 15.2 Å². The number of carbonyl (C=O) groups excluding carboxylic acids is 3. The second-order valence-corrected chi connectivity index (χ2v) is 11.8. The maximum atomic E-state index is 13.3. The molecule has 3 N–H and O–H groups in total. The first-order chi connectivity index (χ1) is 15.4. The van der Waals surface area contributed by atoms with Gasteiger partial charge < -0.3 is 20.1 Å². The minimum atomic E-state index is -0.647. The maximum Gasteiger partial charge on any atom is 0.412 e. The first kappa shape index (κ1) is 23.6. The smallest absolute Gasteiger partial charge is 0.412 e. The Kier molecular flexibility index (Phi) is 6.17. The monoisotopic (exact) mass is 535 g/mol. The third-order valence-corrected chi connectivity index (χ3v) is 7.18. The van der Waals surface area contributed by atoms with Crippen LogP contribution in [-0.4, -0.2) is 47.0 Å². The van der Waals surface area contributed by atoms with E-state index >= 15 is 0 Å². The highest BCUT2D eigenvalue weighted by molar-refractivity contribution is 9.11. The van der Waals surface area contributed by atoms with Crippen molar-refractivity contribution in [2.45, 2.75) is 51.2 Å². The van der Waals surface area contributed by atoms with Gasteiger partial charge in [0.1, 0.15) is 22.0 Å². The van der Waals surface area contributed by atoms with Crippen molar-refractivity contribution in [2.75, 3.05) is 24.1 Å². The summed E-state index contributed by atoms with van der Waals surface area (Å²) in [6, 6.07) is 6.80. The maximum absolute atomic E-state index is 13.3. The zero-order valence-electron chi connectivity index (χ0n) is 18.7. The molecule has 0 bridgehead atoms. The Bertz CT molecular complexity index is 1120. The summed E-state index contributed by atoms with van der Waals surface area (Å²) in [6.45, 7) is 6.21. The van der Waals surface area contributed by atoms with Crippen LogP contribution >= 0.6 is 27.3 Å². The minimum Gasteiger partial charge on any atom is -0.486 e. The van der Waals surface area contributed by atoms with Gasteiger partial charge in [0.15, 0.2) is 5.78 Å². The molecule has 2 amide bonds. The van der Waals surface area contributed by atoms with Gasteiger partial charge >= 0.3 is 6.09 Å². The molecule has 0 saturated carbocycles. The van der Waals surface area contributed by atoms with Crippen LogP contribution in [0.1, 0.15) is 60.7 Å². The summed E-state index contributed by atoms with van der Waals surface area (Å²) in [5, 5.41) is 3.11. The highest BCUT2D eigenvalue weighted by Crippen LogP contribution is 2.41. The topological polar surface area (TPSA) is 111 Å². The van der Waals surface area contributed by atoms with E-state index in [1.165, 1.54) is 11.3 Å². The second-order valence-electron chi connectivity index (χ2n) is 9.35. The first-order valence-electron chi connectivity index (χ1n) is 10.7. The summed E-state index contributed by atoms with van der Waals surface area (Å²) in [6.07, 6.45) is 0.723. The van der Waals surface area contributed by atoms with E-state index in [2.05, 4.69) is 21.2 Å². The number of thiophene rings is 1. The second kappa shape index (κ2) is 8.64. The molecule has 1 fully saturated rings. The zero-order valence-corrected chi connectivity index (χ0v) is 21.1. The van der Waals surface area contributed by atoms with Crippen molar-refractivity contribution in [1.29, 1.82) is 0 Å². The molecule has 3 heterocycles. The Morgan fingerprint density at radius 2 is 1.94 bits per heavy atom. The molecule has 2 aliphatic heterocycles. The van der Waals surface area contributed by atoms with Crippen LogP contribution in [0, 0.1) is 0 Å². The van der Waals surface area contributed by atoms with Gasteiger partial charge in [-0.05, 0) is 61.0 Å². The van der Waals surface area contributed by atoms with Gasteiger partial charge in [-0.2, -0.15) is 0 Å².